The number of piperidine rings is 1. The molecular weight excluding hydrogens is 334 g/mol. The fourth-order valence-electron chi connectivity index (χ4n) is 3.01. The Bertz CT molecular complexity index is 532. The molecule has 2 rings (SSSR count). The van der Waals surface area contributed by atoms with Gasteiger partial charge in [0, 0.05) is 30.3 Å². The van der Waals surface area contributed by atoms with E-state index in [0.29, 0.717) is 25.9 Å². The van der Waals surface area contributed by atoms with Crippen LogP contribution in [-0.2, 0) is 20.7 Å². The molecule has 0 unspecified atom stereocenters. The van der Waals surface area contributed by atoms with Crippen LogP contribution in [0.5, 0.6) is 0 Å². The number of carbonyl (C=O) groups excluding carboxylic acids is 2. The molecule has 0 spiro atoms. The third kappa shape index (κ3) is 5.81. The SMILES string of the molecule is CCOC(=O)CC[C@@H]1CCCCN1C(=O)CCc1ccc(Cl)s1. The summed E-state index contributed by atoms with van der Waals surface area (Å²) < 4.78 is 5.74. The van der Waals surface area contributed by atoms with Gasteiger partial charge in [-0.3, -0.25) is 9.59 Å². The van der Waals surface area contributed by atoms with E-state index in [0.717, 1.165) is 41.4 Å². The first-order valence-electron chi connectivity index (χ1n) is 8.29. The summed E-state index contributed by atoms with van der Waals surface area (Å²) in [4.78, 5) is 27.2. The van der Waals surface area contributed by atoms with Gasteiger partial charge in [0.2, 0.25) is 5.91 Å². The zero-order valence-electron chi connectivity index (χ0n) is 13.6. The van der Waals surface area contributed by atoms with Gasteiger partial charge in [-0.15, -0.1) is 11.3 Å². The van der Waals surface area contributed by atoms with Crippen molar-refractivity contribution in [3.63, 3.8) is 0 Å². The van der Waals surface area contributed by atoms with Crippen LogP contribution in [0.1, 0.15) is 50.3 Å². The average molecular weight is 358 g/mol. The van der Waals surface area contributed by atoms with Crippen LogP contribution in [0.4, 0.5) is 0 Å². The van der Waals surface area contributed by atoms with E-state index < -0.39 is 0 Å². The smallest absolute Gasteiger partial charge is 0.305 e. The summed E-state index contributed by atoms with van der Waals surface area (Å²) in [5, 5.41) is 0. The third-order valence-corrected chi connectivity index (χ3v) is 5.44. The first-order chi connectivity index (χ1) is 11.1. The number of nitrogens with zero attached hydrogens (tertiary/aromatic N) is 1. The summed E-state index contributed by atoms with van der Waals surface area (Å²) in [6.07, 6.45) is 5.49. The summed E-state index contributed by atoms with van der Waals surface area (Å²) in [7, 11) is 0. The zero-order chi connectivity index (χ0) is 16.7. The largest absolute Gasteiger partial charge is 0.466 e. The number of amides is 1. The van der Waals surface area contributed by atoms with Crippen molar-refractivity contribution >= 4 is 34.8 Å². The molecule has 0 aliphatic carbocycles. The number of esters is 1. The Balaban J connectivity index is 1.83. The van der Waals surface area contributed by atoms with Gasteiger partial charge in [-0.05, 0) is 51.2 Å². The van der Waals surface area contributed by atoms with E-state index in [-0.39, 0.29) is 17.9 Å². The van der Waals surface area contributed by atoms with E-state index in [1.165, 1.54) is 11.3 Å². The molecule has 1 aromatic heterocycles. The summed E-state index contributed by atoms with van der Waals surface area (Å²) in [5.74, 6) is 0.0155. The van der Waals surface area contributed by atoms with Crippen molar-refractivity contribution in [3.8, 4) is 0 Å². The molecule has 0 N–H and O–H groups in total. The van der Waals surface area contributed by atoms with E-state index in [1.54, 1.807) is 0 Å². The predicted molar refractivity (Wildman–Crippen MR) is 92.9 cm³/mol. The van der Waals surface area contributed by atoms with Crippen molar-refractivity contribution in [1.29, 1.82) is 0 Å². The lowest BCUT2D eigenvalue weighted by molar-refractivity contribution is -0.144. The molecule has 1 fully saturated rings. The van der Waals surface area contributed by atoms with Crippen LogP contribution < -0.4 is 0 Å². The van der Waals surface area contributed by atoms with Gasteiger partial charge in [0.1, 0.15) is 0 Å². The second-order valence-electron chi connectivity index (χ2n) is 5.79. The molecule has 23 heavy (non-hydrogen) atoms. The molecule has 0 aromatic carbocycles. The van der Waals surface area contributed by atoms with E-state index in [9.17, 15) is 9.59 Å². The van der Waals surface area contributed by atoms with E-state index in [2.05, 4.69) is 0 Å². The number of carbonyl (C=O) groups is 2. The Morgan fingerprint density at radius 2 is 2.17 bits per heavy atom. The highest BCUT2D eigenvalue weighted by molar-refractivity contribution is 7.16. The van der Waals surface area contributed by atoms with Crippen LogP contribution in [0.3, 0.4) is 0 Å². The fourth-order valence-corrected chi connectivity index (χ4v) is 4.09. The Morgan fingerprint density at radius 1 is 1.35 bits per heavy atom. The summed E-state index contributed by atoms with van der Waals surface area (Å²) in [6, 6.07) is 4.02. The van der Waals surface area contributed by atoms with Gasteiger partial charge in [-0.2, -0.15) is 0 Å². The standard InChI is InChI=1S/C17H24ClNO3S/c1-2-22-17(21)11-6-13-5-3-4-12-19(13)16(20)10-8-14-7-9-15(18)23-14/h7,9,13H,2-6,8,10-12H2,1H3/t13-/m0/s1. The summed E-state index contributed by atoms with van der Waals surface area (Å²) in [5.41, 5.74) is 0. The third-order valence-electron chi connectivity index (χ3n) is 4.15. The lowest BCUT2D eigenvalue weighted by Crippen LogP contribution is -2.44. The Kier molecular flexibility index (Phi) is 7.37. The average Bonchev–Trinajstić information content (AvgIpc) is 2.97. The van der Waals surface area contributed by atoms with Gasteiger partial charge in [0.25, 0.3) is 0 Å². The highest BCUT2D eigenvalue weighted by atomic mass is 35.5. The molecule has 0 radical (unpaired) electrons. The molecule has 0 bridgehead atoms. The van der Waals surface area contributed by atoms with E-state index >= 15 is 0 Å². The molecule has 1 aromatic rings. The maximum absolute atomic E-state index is 12.5. The highest BCUT2D eigenvalue weighted by Gasteiger charge is 2.26. The van der Waals surface area contributed by atoms with Gasteiger partial charge in [0.15, 0.2) is 0 Å². The van der Waals surface area contributed by atoms with Gasteiger partial charge in [-0.25, -0.2) is 0 Å². The molecule has 0 saturated carbocycles. The second-order valence-corrected chi connectivity index (χ2v) is 7.59. The quantitative estimate of drug-likeness (QED) is 0.691. The van der Waals surface area contributed by atoms with Crippen LogP contribution in [0.25, 0.3) is 0 Å². The Hall–Kier alpha value is -1.07. The van der Waals surface area contributed by atoms with Crippen LogP contribution in [0.15, 0.2) is 12.1 Å². The van der Waals surface area contributed by atoms with Gasteiger partial charge >= 0.3 is 5.97 Å². The van der Waals surface area contributed by atoms with Crippen LogP contribution >= 0.6 is 22.9 Å². The summed E-state index contributed by atoms with van der Waals surface area (Å²) in [6.45, 7) is 3.03. The first kappa shape index (κ1) is 18.3. The lowest BCUT2D eigenvalue weighted by atomic mass is 9.97. The number of aryl methyl sites for hydroxylation is 1. The van der Waals surface area contributed by atoms with Crippen molar-refractivity contribution in [3.05, 3.63) is 21.3 Å². The molecule has 2 heterocycles. The van der Waals surface area contributed by atoms with Crippen molar-refractivity contribution in [2.45, 2.75) is 57.9 Å². The fraction of sp³-hybridized carbons (Fsp3) is 0.647. The predicted octanol–water partition coefficient (Wildman–Crippen LogP) is 4.06. The minimum Gasteiger partial charge on any atom is -0.466 e. The van der Waals surface area contributed by atoms with Crippen molar-refractivity contribution in [2.75, 3.05) is 13.2 Å². The molecule has 1 aliphatic rings. The van der Waals surface area contributed by atoms with E-state index in [4.69, 9.17) is 16.3 Å². The number of rotatable bonds is 7. The van der Waals surface area contributed by atoms with Gasteiger partial charge in [-0.1, -0.05) is 11.6 Å². The van der Waals surface area contributed by atoms with Crippen molar-refractivity contribution in [1.82, 2.24) is 4.90 Å². The molecule has 6 heteroatoms. The monoisotopic (exact) mass is 357 g/mol. The minimum absolute atomic E-state index is 0.168. The van der Waals surface area contributed by atoms with Gasteiger partial charge < -0.3 is 9.64 Å². The maximum Gasteiger partial charge on any atom is 0.305 e. The molecule has 1 amide bonds. The Labute approximate surface area is 146 Å². The molecule has 4 nitrogen and oxygen atoms in total. The van der Waals surface area contributed by atoms with Gasteiger partial charge in [0.05, 0.1) is 10.9 Å². The maximum atomic E-state index is 12.5. The number of hydrogen-bond donors (Lipinski definition) is 0. The van der Waals surface area contributed by atoms with Crippen LogP contribution in [-0.4, -0.2) is 36.0 Å². The zero-order valence-corrected chi connectivity index (χ0v) is 15.1. The molecule has 1 aliphatic heterocycles. The molecule has 1 atom stereocenters. The van der Waals surface area contributed by atoms with Crippen molar-refractivity contribution in [2.24, 2.45) is 0 Å². The molecule has 128 valence electrons. The number of likely N-dealkylation sites (tertiary alicyclic amines) is 1. The molecular formula is C17H24ClNO3S. The number of hydrogen-bond acceptors (Lipinski definition) is 4. The minimum atomic E-state index is -0.168. The lowest BCUT2D eigenvalue weighted by Gasteiger charge is -2.36. The van der Waals surface area contributed by atoms with Crippen LogP contribution in [0.2, 0.25) is 4.34 Å². The first-order valence-corrected chi connectivity index (χ1v) is 9.49. The highest BCUT2D eigenvalue weighted by Crippen LogP contribution is 2.25. The normalized spacial score (nSPS) is 18.0. The summed E-state index contributed by atoms with van der Waals surface area (Å²) >= 11 is 7.45. The van der Waals surface area contributed by atoms with Crippen molar-refractivity contribution < 1.29 is 14.3 Å². The Morgan fingerprint density at radius 3 is 2.87 bits per heavy atom. The second kappa shape index (κ2) is 9.28. The number of ether oxygens (including phenoxy) is 1. The number of halogens is 1. The topological polar surface area (TPSA) is 46.6 Å². The number of thiophene rings is 1. The van der Waals surface area contributed by atoms with Crippen LogP contribution in [0, 0.1) is 0 Å². The molecule has 1 saturated heterocycles. The van der Waals surface area contributed by atoms with E-state index in [1.807, 2.05) is 24.0 Å².